The number of nitrogens with zero attached hydrogens (tertiary/aromatic N) is 1. The number of carbonyl (C=O) groups is 1. The molecule has 2 atom stereocenters. The van der Waals surface area contributed by atoms with Crippen molar-refractivity contribution in [1.29, 1.82) is 0 Å². The first-order valence-electron chi connectivity index (χ1n) is 7.23. The van der Waals surface area contributed by atoms with Crippen LogP contribution < -0.4 is 0 Å². The molecule has 1 saturated carbocycles. The first kappa shape index (κ1) is 13.2. The first-order chi connectivity index (χ1) is 9.05. The van der Waals surface area contributed by atoms with Crippen LogP contribution in [0.4, 0.5) is 0 Å². The fraction of sp³-hybridized carbons (Fsp3) is 0.786. The summed E-state index contributed by atoms with van der Waals surface area (Å²) in [6.45, 7) is 0. The van der Waals surface area contributed by atoms with E-state index in [0.717, 1.165) is 25.7 Å². The van der Waals surface area contributed by atoms with Crippen molar-refractivity contribution >= 4 is 15.7 Å². The van der Waals surface area contributed by atoms with E-state index in [4.69, 9.17) is 0 Å². The lowest BCUT2D eigenvalue weighted by Gasteiger charge is -2.29. The molecule has 0 radical (unpaired) electrons. The zero-order chi connectivity index (χ0) is 13.5. The minimum Gasteiger partial charge on any atom is -0.336 e. The lowest BCUT2D eigenvalue weighted by atomic mass is 10.0. The molecule has 0 spiro atoms. The lowest BCUT2D eigenvalue weighted by molar-refractivity contribution is -0.134. The maximum atomic E-state index is 12.5. The predicted octanol–water partition coefficient (Wildman–Crippen LogP) is 1.52. The van der Waals surface area contributed by atoms with Crippen molar-refractivity contribution in [2.45, 2.75) is 50.6 Å². The molecule has 0 aromatic rings. The van der Waals surface area contributed by atoms with Crippen molar-refractivity contribution in [2.75, 3.05) is 11.5 Å². The van der Waals surface area contributed by atoms with E-state index in [1.807, 2.05) is 4.90 Å². The van der Waals surface area contributed by atoms with Crippen molar-refractivity contribution in [2.24, 2.45) is 5.92 Å². The standard InChI is InChI=1S/C14H21NO3S/c16-14(9-11-3-1-2-4-11)15(12-5-6-12)13-7-8-19(17,18)10-13/h1,3,11-13H,2,4-10H2/t11-,13+/m0/s1. The molecule has 0 unspecified atom stereocenters. The van der Waals surface area contributed by atoms with Gasteiger partial charge in [-0.15, -0.1) is 0 Å². The molecule has 3 rings (SSSR count). The summed E-state index contributed by atoms with van der Waals surface area (Å²) in [6.07, 6.45) is 9.68. The molecule has 1 aliphatic heterocycles. The summed E-state index contributed by atoms with van der Waals surface area (Å²) in [7, 11) is -2.91. The highest BCUT2D eigenvalue weighted by atomic mass is 32.2. The molecule has 0 bridgehead atoms. The van der Waals surface area contributed by atoms with Crippen LogP contribution in [0.15, 0.2) is 12.2 Å². The Hall–Kier alpha value is -0.840. The summed E-state index contributed by atoms with van der Waals surface area (Å²) in [5, 5.41) is 0. The Bertz CT molecular complexity index is 493. The van der Waals surface area contributed by atoms with E-state index in [9.17, 15) is 13.2 Å². The Morgan fingerprint density at radius 2 is 1.95 bits per heavy atom. The smallest absolute Gasteiger partial charge is 0.223 e. The van der Waals surface area contributed by atoms with E-state index in [-0.39, 0.29) is 23.5 Å². The van der Waals surface area contributed by atoms with Crippen LogP contribution in [0.1, 0.15) is 38.5 Å². The highest BCUT2D eigenvalue weighted by Crippen LogP contribution is 2.34. The molecule has 1 amide bonds. The molecule has 2 aliphatic carbocycles. The zero-order valence-corrected chi connectivity index (χ0v) is 11.9. The molecule has 4 nitrogen and oxygen atoms in total. The van der Waals surface area contributed by atoms with E-state index in [1.165, 1.54) is 0 Å². The van der Waals surface area contributed by atoms with E-state index >= 15 is 0 Å². The van der Waals surface area contributed by atoms with Gasteiger partial charge in [-0.2, -0.15) is 0 Å². The van der Waals surface area contributed by atoms with E-state index in [1.54, 1.807) is 0 Å². The largest absolute Gasteiger partial charge is 0.336 e. The third kappa shape index (κ3) is 3.02. The van der Waals surface area contributed by atoms with Crippen molar-refractivity contribution < 1.29 is 13.2 Å². The number of hydrogen-bond donors (Lipinski definition) is 0. The Morgan fingerprint density at radius 1 is 1.16 bits per heavy atom. The number of sulfone groups is 1. The van der Waals surface area contributed by atoms with Gasteiger partial charge in [0.15, 0.2) is 9.84 Å². The summed E-state index contributed by atoms with van der Waals surface area (Å²) in [5.41, 5.74) is 0. The van der Waals surface area contributed by atoms with Gasteiger partial charge in [0.2, 0.25) is 5.91 Å². The molecular formula is C14H21NO3S. The minimum absolute atomic E-state index is 0.0598. The van der Waals surface area contributed by atoms with Gasteiger partial charge in [-0.25, -0.2) is 8.42 Å². The van der Waals surface area contributed by atoms with Crippen molar-refractivity contribution in [3.63, 3.8) is 0 Å². The minimum atomic E-state index is -2.91. The number of rotatable bonds is 4. The van der Waals surface area contributed by atoms with Crippen LogP contribution in [0, 0.1) is 5.92 Å². The summed E-state index contributed by atoms with van der Waals surface area (Å²) in [6, 6.07) is 0.256. The number of hydrogen-bond acceptors (Lipinski definition) is 3. The highest BCUT2D eigenvalue weighted by molar-refractivity contribution is 7.91. The van der Waals surface area contributed by atoms with Gasteiger partial charge in [0.05, 0.1) is 11.5 Å². The third-order valence-corrected chi connectivity index (χ3v) is 6.13. The second-order valence-corrected chi connectivity index (χ2v) is 8.29. The van der Waals surface area contributed by atoms with Gasteiger partial charge in [-0.05, 0) is 38.0 Å². The molecule has 0 aromatic heterocycles. The van der Waals surface area contributed by atoms with Gasteiger partial charge in [-0.3, -0.25) is 4.79 Å². The second-order valence-electron chi connectivity index (χ2n) is 6.06. The second kappa shape index (κ2) is 4.93. The van der Waals surface area contributed by atoms with E-state index in [0.29, 0.717) is 24.8 Å². The molecule has 0 N–H and O–H groups in total. The summed E-state index contributed by atoms with van der Waals surface area (Å²) in [4.78, 5) is 14.4. The predicted molar refractivity (Wildman–Crippen MR) is 73.4 cm³/mol. The van der Waals surface area contributed by atoms with Crippen molar-refractivity contribution in [1.82, 2.24) is 4.90 Å². The Balaban J connectivity index is 1.67. The topological polar surface area (TPSA) is 54.5 Å². The molecule has 2 fully saturated rings. The summed E-state index contributed by atoms with van der Waals surface area (Å²) >= 11 is 0. The molecular weight excluding hydrogens is 262 g/mol. The molecule has 3 aliphatic rings. The zero-order valence-electron chi connectivity index (χ0n) is 11.1. The quantitative estimate of drug-likeness (QED) is 0.735. The average Bonchev–Trinajstić information content (AvgIpc) is 2.90. The van der Waals surface area contributed by atoms with E-state index in [2.05, 4.69) is 12.2 Å². The van der Waals surface area contributed by atoms with Crippen LogP contribution in [-0.2, 0) is 14.6 Å². The number of carbonyl (C=O) groups excluding carboxylic acids is 1. The first-order valence-corrected chi connectivity index (χ1v) is 9.05. The van der Waals surface area contributed by atoms with Gasteiger partial charge >= 0.3 is 0 Å². The molecule has 1 saturated heterocycles. The van der Waals surface area contributed by atoms with Crippen molar-refractivity contribution in [3.05, 3.63) is 12.2 Å². The van der Waals surface area contributed by atoms with Gasteiger partial charge in [0.1, 0.15) is 0 Å². The van der Waals surface area contributed by atoms with Gasteiger partial charge in [0, 0.05) is 18.5 Å². The fourth-order valence-corrected chi connectivity index (χ4v) is 4.96. The monoisotopic (exact) mass is 283 g/mol. The molecule has 106 valence electrons. The Labute approximate surface area is 114 Å². The SMILES string of the molecule is O=C(C[C@H]1C=CCC1)N(C1CC1)[C@@H]1CCS(=O)(=O)C1. The number of allylic oxidation sites excluding steroid dienone is 2. The van der Waals surface area contributed by atoms with Crippen LogP contribution in [0.2, 0.25) is 0 Å². The average molecular weight is 283 g/mol. The van der Waals surface area contributed by atoms with Gasteiger partial charge in [0.25, 0.3) is 0 Å². The summed E-state index contributed by atoms with van der Waals surface area (Å²) in [5.74, 6) is 0.959. The van der Waals surface area contributed by atoms with Crippen LogP contribution in [-0.4, -0.2) is 42.8 Å². The van der Waals surface area contributed by atoms with Crippen LogP contribution in [0.5, 0.6) is 0 Å². The van der Waals surface area contributed by atoms with E-state index < -0.39 is 9.84 Å². The van der Waals surface area contributed by atoms with Crippen LogP contribution in [0.25, 0.3) is 0 Å². The molecule has 1 heterocycles. The van der Waals surface area contributed by atoms with Crippen LogP contribution in [0.3, 0.4) is 0 Å². The fourth-order valence-electron chi connectivity index (χ4n) is 3.25. The molecule has 5 heteroatoms. The third-order valence-electron chi connectivity index (χ3n) is 4.38. The summed E-state index contributed by atoms with van der Waals surface area (Å²) < 4.78 is 23.2. The van der Waals surface area contributed by atoms with Crippen molar-refractivity contribution in [3.8, 4) is 0 Å². The van der Waals surface area contributed by atoms with Gasteiger partial charge < -0.3 is 4.90 Å². The lowest BCUT2D eigenvalue weighted by Crippen LogP contribution is -2.43. The van der Waals surface area contributed by atoms with Crippen LogP contribution >= 0.6 is 0 Å². The molecule has 19 heavy (non-hydrogen) atoms. The molecule has 0 aromatic carbocycles. The Kier molecular flexibility index (Phi) is 3.41. The number of amides is 1. The Morgan fingerprint density at radius 3 is 2.47 bits per heavy atom. The highest BCUT2D eigenvalue weighted by Gasteiger charge is 2.42. The normalized spacial score (nSPS) is 32.6. The maximum Gasteiger partial charge on any atom is 0.223 e. The van der Waals surface area contributed by atoms with Gasteiger partial charge in [-0.1, -0.05) is 12.2 Å². The maximum absolute atomic E-state index is 12.5.